The molecule has 6 nitrogen and oxygen atoms in total. The summed E-state index contributed by atoms with van der Waals surface area (Å²) in [6.07, 6.45) is 2.71. The average molecular weight is 367 g/mol. The van der Waals surface area contributed by atoms with Crippen molar-refractivity contribution in [3.05, 3.63) is 35.5 Å². The average Bonchev–Trinajstić information content (AvgIpc) is 3.11. The Morgan fingerprint density at radius 1 is 1.31 bits per heavy atom. The van der Waals surface area contributed by atoms with Crippen LogP contribution in [0.5, 0.6) is 0 Å². The van der Waals surface area contributed by atoms with Crippen molar-refractivity contribution in [1.82, 2.24) is 9.88 Å². The van der Waals surface area contributed by atoms with Gasteiger partial charge >= 0.3 is 0 Å². The van der Waals surface area contributed by atoms with Gasteiger partial charge in [-0.3, -0.25) is 4.90 Å². The van der Waals surface area contributed by atoms with Gasteiger partial charge in [0.1, 0.15) is 6.07 Å². The Kier molecular flexibility index (Phi) is 4.64. The number of piperazine rings is 1. The molecular formula is C19H21N5OS. The predicted octanol–water partition coefficient (Wildman–Crippen LogP) is 2.65. The van der Waals surface area contributed by atoms with Crippen LogP contribution < -0.4 is 10.2 Å². The Labute approximate surface area is 156 Å². The molecule has 2 aromatic rings. The first kappa shape index (κ1) is 17.0. The van der Waals surface area contributed by atoms with Gasteiger partial charge in [0.25, 0.3) is 0 Å². The highest BCUT2D eigenvalue weighted by atomic mass is 32.1. The second-order valence-electron chi connectivity index (χ2n) is 6.55. The molecule has 134 valence electrons. The van der Waals surface area contributed by atoms with Gasteiger partial charge < -0.3 is 15.3 Å². The molecule has 0 atom stereocenters. The Hall–Kier alpha value is -2.40. The van der Waals surface area contributed by atoms with Crippen molar-refractivity contribution in [2.75, 3.05) is 49.5 Å². The quantitative estimate of drug-likeness (QED) is 0.865. The molecular weight excluding hydrogens is 346 g/mol. The first-order chi connectivity index (χ1) is 12.7. The van der Waals surface area contributed by atoms with Crippen LogP contribution in [0.4, 0.5) is 10.8 Å². The summed E-state index contributed by atoms with van der Waals surface area (Å²) < 4.78 is 1.13. The highest BCUT2D eigenvalue weighted by Gasteiger charge is 2.22. The second kappa shape index (κ2) is 7.08. The number of thiazole rings is 1. The van der Waals surface area contributed by atoms with E-state index in [9.17, 15) is 5.26 Å². The normalized spacial score (nSPS) is 17.6. The molecule has 4 rings (SSSR count). The van der Waals surface area contributed by atoms with Gasteiger partial charge in [-0.05, 0) is 24.6 Å². The van der Waals surface area contributed by atoms with Crippen molar-refractivity contribution in [1.29, 1.82) is 5.26 Å². The molecule has 0 spiro atoms. The molecule has 2 aliphatic rings. The van der Waals surface area contributed by atoms with Gasteiger partial charge in [-0.25, -0.2) is 4.98 Å². The minimum absolute atomic E-state index is 0.252. The van der Waals surface area contributed by atoms with Crippen molar-refractivity contribution in [3.63, 3.8) is 0 Å². The molecule has 0 radical (unpaired) electrons. The number of hydrogen-bond donors (Lipinski definition) is 2. The monoisotopic (exact) mass is 367 g/mol. The number of rotatable bonds is 4. The minimum Gasteiger partial charge on any atom is -0.396 e. The van der Waals surface area contributed by atoms with Gasteiger partial charge in [-0.2, -0.15) is 5.26 Å². The number of fused-ring (bicyclic) bond motifs is 3. The summed E-state index contributed by atoms with van der Waals surface area (Å²) in [6.45, 7) is 8.99. The van der Waals surface area contributed by atoms with E-state index in [0.717, 1.165) is 65.7 Å². The molecule has 1 saturated heterocycles. The van der Waals surface area contributed by atoms with Crippen molar-refractivity contribution < 1.29 is 5.11 Å². The SMILES string of the molecule is C=C1Nc2ccc3sc(N4CCN(CCCO)CC4)nc3c2C=C1C#N. The summed E-state index contributed by atoms with van der Waals surface area (Å²) in [5.74, 6) is 0. The molecule has 0 aliphatic carbocycles. The fourth-order valence-electron chi connectivity index (χ4n) is 3.41. The first-order valence-electron chi connectivity index (χ1n) is 8.79. The molecule has 1 fully saturated rings. The van der Waals surface area contributed by atoms with Crippen LogP contribution in [0.1, 0.15) is 12.0 Å². The van der Waals surface area contributed by atoms with Crippen LogP contribution in [0.15, 0.2) is 30.0 Å². The van der Waals surface area contributed by atoms with Gasteiger partial charge in [-0.1, -0.05) is 17.9 Å². The predicted molar refractivity (Wildman–Crippen MR) is 106 cm³/mol. The summed E-state index contributed by atoms with van der Waals surface area (Å²) >= 11 is 1.70. The van der Waals surface area contributed by atoms with Crippen molar-refractivity contribution in [2.45, 2.75) is 6.42 Å². The number of hydrogen-bond acceptors (Lipinski definition) is 7. The summed E-state index contributed by atoms with van der Waals surface area (Å²) in [5, 5.41) is 22.5. The van der Waals surface area contributed by atoms with Gasteiger partial charge in [-0.15, -0.1) is 0 Å². The van der Waals surface area contributed by atoms with Crippen LogP contribution in [0.2, 0.25) is 0 Å². The number of allylic oxidation sites excluding steroid dienone is 1. The zero-order chi connectivity index (χ0) is 18.1. The van der Waals surface area contributed by atoms with E-state index in [0.29, 0.717) is 11.3 Å². The number of aliphatic hydroxyl groups excluding tert-OH is 1. The van der Waals surface area contributed by atoms with E-state index >= 15 is 0 Å². The second-order valence-corrected chi connectivity index (χ2v) is 7.56. The number of nitrogens with one attached hydrogen (secondary N) is 1. The lowest BCUT2D eigenvalue weighted by molar-refractivity contribution is 0.216. The summed E-state index contributed by atoms with van der Waals surface area (Å²) in [7, 11) is 0. The van der Waals surface area contributed by atoms with Gasteiger partial charge in [0.2, 0.25) is 0 Å². The third kappa shape index (κ3) is 3.07. The Bertz CT molecular complexity index is 918. The van der Waals surface area contributed by atoms with E-state index in [4.69, 9.17) is 10.1 Å². The first-order valence-corrected chi connectivity index (χ1v) is 9.61. The largest absolute Gasteiger partial charge is 0.396 e. The maximum Gasteiger partial charge on any atom is 0.186 e. The summed E-state index contributed by atoms with van der Waals surface area (Å²) in [5.41, 5.74) is 4.05. The molecule has 2 aliphatic heterocycles. The zero-order valence-corrected chi connectivity index (χ0v) is 15.3. The van der Waals surface area contributed by atoms with E-state index in [-0.39, 0.29) is 6.61 Å². The molecule has 1 aromatic heterocycles. The van der Waals surface area contributed by atoms with Crippen LogP contribution >= 0.6 is 11.3 Å². The number of aliphatic hydroxyl groups is 1. The van der Waals surface area contributed by atoms with Crippen molar-refractivity contribution in [2.24, 2.45) is 0 Å². The third-order valence-electron chi connectivity index (χ3n) is 4.88. The van der Waals surface area contributed by atoms with E-state index in [1.807, 2.05) is 12.1 Å². The molecule has 2 N–H and O–H groups in total. The van der Waals surface area contributed by atoms with Crippen LogP contribution in [0.3, 0.4) is 0 Å². The topological polar surface area (TPSA) is 75.4 Å². The lowest BCUT2D eigenvalue weighted by atomic mass is 10.0. The lowest BCUT2D eigenvalue weighted by Crippen LogP contribution is -2.46. The van der Waals surface area contributed by atoms with Gasteiger partial charge in [0, 0.05) is 56.3 Å². The highest BCUT2D eigenvalue weighted by Crippen LogP contribution is 2.38. The third-order valence-corrected chi connectivity index (χ3v) is 5.97. The minimum atomic E-state index is 0.252. The number of nitrogens with zero attached hydrogens (tertiary/aromatic N) is 4. The molecule has 0 saturated carbocycles. The molecule has 0 bridgehead atoms. The van der Waals surface area contributed by atoms with Gasteiger partial charge in [0.05, 0.1) is 15.8 Å². The number of nitriles is 1. The lowest BCUT2D eigenvalue weighted by Gasteiger charge is -2.34. The molecule has 0 unspecified atom stereocenters. The fraction of sp³-hybridized carbons (Fsp3) is 0.368. The Morgan fingerprint density at radius 3 is 2.85 bits per heavy atom. The highest BCUT2D eigenvalue weighted by molar-refractivity contribution is 7.22. The summed E-state index contributed by atoms with van der Waals surface area (Å²) in [6, 6.07) is 6.30. The number of benzene rings is 1. The van der Waals surface area contributed by atoms with Crippen molar-refractivity contribution >= 4 is 38.4 Å². The fourth-order valence-corrected chi connectivity index (χ4v) is 4.44. The summed E-state index contributed by atoms with van der Waals surface area (Å²) in [4.78, 5) is 9.61. The molecule has 3 heterocycles. The molecule has 26 heavy (non-hydrogen) atoms. The standard InChI is InChI=1S/C19H21N5OS/c1-13-14(12-20)11-15-16(21-13)3-4-17-18(15)22-19(26-17)24-8-6-23(7-9-24)5-2-10-25/h3-4,11,21,25H,1-2,5-10H2. The molecule has 7 heteroatoms. The van der Waals surface area contributed by atoms with Crippen LogP contribution in [0, 0.1) is 11.3 Å². The van der Waals surface area contributed by atoms with E-state index in [2.05, 4.69) is 33.8 Å². The zero-order valence-electron chi connectivity index (χ0n) is 14.5. The van der Waals surface area contributed by atoms with E-state index < -0.39 is 0 Å². The molecule has 0 amide bonds. The van der Waals surface area contributed by atoms with Crippen LogP contribution in [0.25, 0.3) is 16.3 Å². The molecule has 1 aromatic carbocycles. The maximum absolute atomic E-state index is 9.29. The number of anilines is 2. The van der Waals surface area contributed by atoms with Crippen LogP contribution in [-0.2, 0) is 0 Å². The van der Waals surface area contributed by atoms with E-state index in [1.165, 1.54) is 0 Å². The maximum atomic E-state index is 9.29. The van der Waals surface area contributed by atoms with Gasteiger partial charge in [0.15, 0.2) is 5.13 Å². The number of aromatic nitrogens is 1. The van der Waals surface area contributed by atoms with Crippen LogP contribution in [-0.4, -0.2) is 54.3 Å². The Morgan fingerprint density at radius 2 is 2.12 bits per heavy atom. The van der Waals surface area contributed by atoms with E-state index in [1.54, 1.807) is 11.3 Å². The smallest absolute Gasteiger partial charge is 0.186 e. The van der Waals surface area contributed by atoms with Crippen molar-refractivity contribution in [3.8, 4) is 6.07 Å². The Balaban J connectivity index is 1.60.